The van der Waals surface area contributed by atoms with Gasteiger partial charge in [0.2, 0.25) is 0 Å². The van der Waals surface area contributed by atoms with Crippen molar-refractivity contribution in [1.29, 1.82) is 0 Å². The summed E-state index contributed by atoms with van der Waals surface area (Å²) in [7, 11) is 0. The molecule has 0 unspecified atom stereocenters. The summed E-state index contributed by atoms with van der Waals surface area (Å²) < 4.78 is 27.1. The number of hydrogen-bond acceptors (Lipinski definition) is 4. The van der Waals surface area contributed by atoms with E-state index in [-0.39, 0.29) is 11.9 Å². The molecule has 1 N–H and O–H groups in total. The highest BCUT2D eigenvalue weighted by Gasteiger charge is 2.17. The van der Waals surface area contributed by atoms with Crippen molar-refractivity contribution in [2.45, 2.75) is 45.4 Å². The highest BCUT2D eigenvalue weighted by molar-refractivity contribution is 5.56. The lowest BCUT2D eigenvalue weighted by Crippen LogP contribution is -2.17. The van der Waals surface area contributed by atoms with Crippen molar-refractivity contribution in [2.24, 2.45) is 0 Å². The molecule has 1 aliphatic heterocycles. The van der Waals surface area contributed by atoms with Gasteiger partial charge in [0.15, 0.2) is 0 Å². The summed E-state index contributed by atoms with van der Waals surface area (Å²) in [6.07, 6.45) is 5.93. The number of benzene rings is 1. The van der Waals surface area contributed by atoms with Crippen LogP contribution in [0.4, 0.5) is 10.1 Å². The van der Waals surface area contributed by atoms with Crippen molar-refractivity contribution >= 4 is 5.69 Å². The normalized spacial score (nSPS) is 17.4. The van der Waals surface area contributed by atoms with Crippen molar-refractivity contribution in [3.8, 4) is 5.75 Å². The molecule has 0 spiro atoms. The maximum absolute atomic E-state index is 13.6. The van der Waals surface area contributed by atoms with E-state index >= 15 is 0 Å². The molecule has 1 saturated heterocycles. The van der Waals surface area contributed by atoms with Crippen LogP contribution in [0.5, 0.6) is 5.75 Å². The maximum atomic E-state index is 13.6. The number of halogens is 1. The molecule has 2 heterocycles. The topological polar surface area (TPSA) is 48.3 Å². The summed E-state index contributed by atoms with van der Waals surface area (Å²) in [6.45, 7) is 5.99. The Labute approximate surface area is 141 Å². The minimum absolute atomic E-state index is 0.128. The molecule has 0 amide bonds. The summed E-state index contributed by atoms with van der Waals surface area (Å²) >= 11 is 0. The highest BCUT2D eigenvalue weighted by Crippen LogP contribution is 2.27. The van der Waals surface area contributed by atoms with Gasteiger partial charge in [0.25, 0.3) is 0 Å². The van der Waals surface area contributed by atoms with Gasteiger partial charge >= 0.3 is 0 Å². The number of ether oxygens (including phenoxy) is 2. The van der Waals surface area contributed by atoms with Crippen molar-refractivity contribution in [2.75, 3.05) is 18.5 Å². The van der Waals surface area contributed by atoms with Crippen LogP contribution < -0.4 is 10.1 Å². The van der Waals surface area contributed by atoms with E-state index in [2.05, 4.69) is 28.7 Å². The Balaban J connectivity index is 1.67. The molecule has 1 aromatic heterocycles. The Bertz CT molecular complexity index is 666. The van der Waals surface area contributed by atoms with Gasteiger partial charge in [0.05, 0.1) is 18.3 Å². The molecule has 1 aromatic carbocycles. The Morgan fingerprint density at radius 3 is 3.08 bits per heavy atom. The van der Waals surface area contributed by atoms with E-state index < -0.39 is 0 Å². The minimum Gasteiger partial charge on any atom is -0.489 e. The van der Waals surface area contributed by atoms with E-state index in [0.717, 1.165) is 25.3 Å². The van der Waals surface area contributed by atoms with Crippen LogP contribution in [0.15, 0.2) is 30.6 Å². The molecule has 3 rings (SSSR count). The Morgan fingerprint density at radius 2 is 2.33 bits per heavy atom. The second-order valence-corrected chi connectivity index (χ2v) is 6.28. The molecule has 2 aromatic rings. The first-order chi connectivity index (χ1) is 11.6. The molecule has 0 radical (unpaired) electrons. The van der Waals surface area contributed by atoms with Crippen LogP contribution in [-0.4, -0.2) is 28.9 Å². The fraction of sp³-hybridized carbons (Fsp3) is 0.500. The molecular weight excluding hydrogens is 309 g/mol. The van der Waals surface area contributed by atoms with Crippen LogP contribution in [0, 0.1) is 5.82 Å². The van der Waals surface area contributed by atoms with Crippen molar-refractivity contribution in [3.63, 3.8) is 0 Å². The lowest BCUT2D eigenvalue weighted by atomic mass is 10.2. The monoisotopic (exact) mass is 333 g/mol. The molecule has 1 fully saturated rings. The van der Waals surface area contributed by atoms with Gasteiger partial charge in [0.1, 0.15) is 24.0 Å². The largest absolute Gasteiger partial charge is 0.489 e. The number of rotatable bonds is 7. The zero-order valence-corrected chi connectivity index (χ0v) is 14.2. The number of nitrogens with one attached hydrogen (secondary N) is 1. The van der Waals surface area contributed by atoms with Crippen LogP contribution in [-0.2, 0) is 11.3 Å². The first kappa shape index (κ1) is 16.8. The van der Waals surface area contributed by atoms with Gasteiger partial charge < -0.3 is 19.4 Å². The molecule has 6 heteroatoms. The van der Waals surface area contributed by atoms with Gasteiger partial charge in [-0.25, -0.2) is 9.37 Å². The smallest absolute Gasteiger partial charge is 0.142 e. The lowest BCUT2D eigenvalue weighted by Gasteiger charge is -2.17. The van der Waals surface area contributed by atoms with Gasteiger partial charge in [-0.3, -0.25) is 0 Å². The Kier molecular flexibility index (Phi) is 5.35. The third-order valence-corrected chi connectivity index (χ3v) is 4.13. The van der Waals surface area contributed by atoms with Gasteiger partial charge in [-0.2, -0.15) is 0 Å². The van der Waals surface area contributed by atoms with E-state index in [1.165, 1.54) is 12.1 Å². The fourth-order valence-electron chi connectivity index (χ4n) is 2.85. The third kappa shape index (κ3) is 4.06. The predicted octanol–water partition coefficient (Wildman–Crippen LogP) is 3.77. The average molecular weight is 333 g/mol. The third-order valence-electron chi connectivity index (χ3n) is 4.13. The molecule has 130 valence electrons. The molecule has 1 atom stereocenters. The standard InChI is InChI=1S/C18H24FN3O2/c1-13(2)22-8-7-20-18(22)11-21-16-10-14(19)5-6-17(16)24-12-15-4-3-9-23-15/h5-8,10,13,15,21H,3-4,9,11-12H2,1-2H3/t15-/m1/s1. The van der Waals surface area contributed by atoms with Crippen LogP contribution in [0.2, 0.25) is 0 Å². The molecule has 0 aliphatic carbocycles. The van der Waals surface area contributed by atoms with Crippen LogP contribution in [0.1, 0.15) is 38.6 Å². The van der Waals surface area contributed by atoms with E-state index in [4.69, 9.17) is 9.47 Å². The van der Waals surface area contributed by atoms with Gasteiger partial charge in [-0.05, 0) is 38.8 Å². The highest BCUT2D eigenvalue weighted by atomic mass is 19.1. The number of hydrogen-bond donors (Lipinski definition) is 1. The summed E-state index contributed by atoms with van der Waals surface area (Å²) in [5.74, 6) is 1.24. The second kappa shape index (κ2) is 7.66. The van der Waals surface area contributed by atoms with Crippen LogP contribution in [0.25, 0.3) is 0 Å². The zero-order chi connectivity index (χ0) is 16.9. The minimum atomic E-state index is -0.297. The Hall–Kier alpha value is -2.08. The molecule has 1 aliphatic rings. The first-order valence-corrected chi connectivity index (χ1v) is 8.43. The van der Waals surface area contributed by atoms with Crippen molar-refractivity contribution < 1.29 is 13.9 Å². The first-order valence-electron chi connectivity index (χ1n) is 8.43. The lowest BCUT2D eigenvalue weighted by molar-refractivity contribution is 0.0682. The zero-order valence-electron chi connectivity index (χ0n) is 14.2. The molecule has 0 saturated carbocycles. The van der Waals surface area contributed by atoms with Crippen LogP contribution in [0.3, 0.4) is 0 Å². The summed E-state index contributed by atoms with van der Waals surface area (Å²) in [6, 6.07) is 4.84. The van der Waals surface area contributed by atoms with E-state index in [1.807, 2.05) is 6.20 Å². The van der Waals surface area contributed by atoms with E-state index in [0.29, 0.717) is 30.6 Å². The number of aromatic nitrogens is 2. The summed E-state index contributed by atoms with van der Waals surface area (Å²) in [5, 5.41) is 3.24. The molecular formula is C18H24FN3O2. The van der Waals surface area contributed by atoms with Crippen molar-refractivity contribution in [3.05, 3.63) is 42.2 Å². The number of imidazole rings is 1. The van der Waals surface area contributed by atoms with E-state index in [9.17, 15) is 4.39 Å². The number of nitrogens with zero attached hydrogens (tertiary/aromatic N) is 2. The fourth-order valence-corrected chi connectivity index (χ4v) is 2.85. The predicted molar refractivity (Wildman–Crippen MR) is 90.8 cm³/mol. The van der Waals surface area contributed by atoms with Gasteiger partial charge in [-0.15, -0.1) is 0 Å². The quantitative estimate of drug-likeness (QED) is 0.838. The maximum Gasteiger partial charge on any atom is 0.142 e. The summed E-state index contributed by atoms with van der Waals surface area (Å²) in [4.78, 5) is 4.36. The average Bonchev–Trinajstić information content (AvgIpc) is 3.23. The molecule has 24 heavy (non-hydrogen) atoms. The van der Waals surface area contributed by atoms with E-state index in [1.54, 1.807) is 12.3 Å². The van der Waals surface area contributed by atoms with Gasteiger partial charge in [-0.1, -0.05) is 0 Å². The van der Waals surface area contributed by atoms with Crippen molar-refractivity contribution in [1.82, 2.24) is 9.55 Å². The second-order valence-electron chi connectivity index (χ2n) is 6.28. The van der Waals surface area contributed by atoms with Crippen LogP contribution >= 0.6 is 0 Å². The summed E-state index contributed by atoms with van der Waals surface area (Å²) in [5.41, 5.74) is 0.631. The molecule has 0 bridgehead atoms. The SMILES string of the molecule is CC(C)n1ccnc1CNc1cc(F)ccc1OC[C@H]1CCCO1. The Morgan fingerprint density at radius 1 is 1.46 bits per heavy atom. The molecule has 5 nitrogen and oxygen atoms in total. The van der Waals surface area contributed by atoms with Gasteiger partial charge in [0, 0.05) is 31.1 Å². The number of anilines is 1.